The lowest BCUT2D eigenvalue weighted by molar-refractivity contribution is 0.103. The molecule has 118 valence electrons. The van der Waals surface area contributed by atoms with Crippen LogP contribution in [0.3, 0.4) is 0 Å². The van der Waals surface area contributed by atoms with Crippen molar-refractivity contribution in [1.29, 1.82) is 0 Å². The number of hydrogen-bond donors (Lipinski definition) is 1. The quantitative estimate of drug-likeness (QED) is 0.523. The molecule has 0 aliphatic heterocycles. The van der Waals surface area contributed by atoms with Crippen molar-refractivity contribution in [1.82, 2.24) is 9.97 Å². The van der Waals surface area contributed by atoms with Gasteiger partial charge in [-0.25, -0.2) is 0 Å². The maximum Gasteiger partial charge on any atom is 0.213 e. The van der Waals surface area contributed by atoms with E-state index >= 15 is 0 Å². The molecular weight excluding hydrogens is 368 g/mol. The summed E-state index contributed by atoms with van der Waals surface area (Å²) >= 11 is 3.42. The third-order valence-corrected chi connectivity index (χ3v) is 4.68. The zero-order valence-corrected chi connectivity index (χ0v) is 14.4. The predicted octanol–water partition coefficient (Wildman–Crippen LogP) is 4.72. The average Bonchev–Trinajstić information content (AvgIpc) is 2.99. The number of nitrogens with zero attached hydrogens (tertiary/aromatic N) is 1. The van der Waals surface area contributed by atoms with Crippen molar-refractivity contribution in [2.45, 2.75) is 0 Å². The standard InChI is InChI=1S/C19H13BrN2O2/c1-24-16-7-6-11(10-14(16)20)19(23)18-17-13(8-9-21-18)12-4-2-3-5-15(12)22-17/h2-10,22H,1H3. The molecule has 0 amide bonds. The summed E-state index contributed by atoms with van der Waals surface area (Å²) in [5.74, 6) is 0.554. The molecule has 5 heteroatoms. The molecule has 2 aromatic carbocycles. The molecule has 0 fully saturated rings. The van der Waals surface area contributed by atoms with Crippen molar-refractivity contribution in [2.24, 2.45) is 0 Å². The van der Waals surface area contributed by atoms with Crippen molar-refractivity contribution in [3.8, 4) is 5.75 Å². The van der Waals surface area contributed by atoms with Crippen LogP contribution in [0.1, 0.15) is 16.1 Å². The first-order chi connectivity index (χ1) is 11.7. The van der Waals surface area contributed by atoms with Crippen LogP contribution in [0.4, 0.5) is 0 Å². The van der Waals surface area contributed by atoms with E-state index in [2.05, 4.69) is 25.9 Å². The number of nitrogens with one attached hydrogen (secondary N) is 1. The summed E-state index contributed by atoms with van der Waals surface area (Å²) in [7, 11) is 1.59. The Morgan fingerprint density at radius 1 is 1.12 bits per heavy atom. The fraction of sp³-hybridized carbons (Fsp3) is 0.0526. The van der Waals surface area contributed by atoms with Gasteiger partial charge in [-0.1, -0.05) is 18.2 Å². The number of pyridine rings is 1. The second-order valence-electron chi connectivity index (χ2n) is 5.43. The molecule has 0 radical (unpaired) electrons. The molecule has 0 saturated heterocycles. The van der Waals surface area contributed by atoms with E-state index in [1.54, 1.807) is 31.5 Å². The number of H-pyrrole nitrogens is 1. The van der Waals surface area contributed by atoms with Crippen LogP contribution >= 0.6 is 15.9 Å². The van der Waals surface area contributed by atoms with Gasteiger partial charge in [0.2, 0.25) is 5.78 Å². The third kappa shape index (κ3) is 2.29. The van der Waals surface area contributed by atoms with Crippen LogP contribution in [0.25, 0.3) is 21.8 Å². The van der Waals surface area contributed by atoms with Crippen molar-refractivity contribution in [3.05, 3.63) is 70.5 Å². The van der Waals surface area contributed by atoms with Crippen molar-refractivity contribution >= 4 is 43.5 Å². The van der Waals surface area contributed by atoms with Crippen LogP contribution < -0.4 is 4.74 Å². The van der Waals surface area contributed by atoms with Crippen LogP contribution in [-0.2, 0) is 0 Å². The predicted molar refractivity (Wildman–Crippen MR) is 97.7 cm³/mol. The number of methoxy groups -OCH3 is 1. The van der Waals surface area contributed by atoms with Gasteiger partial charge in [0.05, 0.1) is 17.1 Å². The molecule has 0 bridgehead atoms. The lowest BCUT2D eigenvalue weighted by atomic mass is 10.1. The zero-order chi connectivity index (χ0) is 16.7. The van der Waals surface area contributed by atoms with Gasteiger partial charge in [-0.15, -0.1) is 0 Å². The maximum atomic E-state index is 12.9. The van der Waals surface area contributed by atoms with Crippen LogP contribution in [-0.4, -0.2) is 22.9 Å². The lowest BCUT2D eigenvalue weighted by Crippen LogP contribution is -2.05. The largest absolute Gasteiger partial charge is 0.496 e. The molecule has 4 nitrogen and oxygen atoms in total. The van der Waals surface area contributed by atoms with Gasteiger partial charge in [0.1, 0.15) is 11.4 Å². The molecular formula is C19H13BrN2O2. The SMILES string of the molecule is COc1ccc(C(=O)c2nccc3c2[nH]c2ccccc23)cc1Br. The van der Waals surface area contributed by atoms with Crippen LogP contribution in [0.5, 0.6) is 5.75 Å². The number of halogens is 1. The van der Waals surface area contributed by atoms with Gasteiger partial charge >= 0.3 is 0 Å². The fourth-order valence-corrected chi connectivity index (χ4v) is 3.43. The number of rotatable bonds is 3. The first kappa shape index (κ1) is 14.9. The van der Waals surface area contributed by atoms with Crippen molar-refractivity contribution < 1.29 is 9.53 Å². The highest BCUT2D eigenvalue weighted by molar-refractivity contribution is 9.10. The Labute approximate surface area is 146 Å². The highest BCUT2D eigenvalue weighted by atomic mass is 79.9. The summed E-state index contributed by atoms with van der Waals surface area (Å²) in [6, 6.07) is 15.2. The minimum atomic E-state index is -0.129. The van der Waals surface area contributed by atoms with Gasteiger partial charge in [0.25, 0.3) is 0 Å². The number of hydrogen-bond acceptors (Lipinski definition) is 3. The number of benzene rings is 2. The van der Waals surface area contributed by atoms with E-state index in [1.165, 1.54) is 0 Å². The lowest BCUT2D eigenvalue weighted by Gasteiger charge is -2.06. The highest BCUT2D eigenvalue weighted by Gasteiger charge is 2.18. The molecule has 0 unspecified atom stereocenters. The first-order valence-corrected chi connectivity index (χ1v) is 8.22. The fourth-order valence-electron chi connectivity index (χ4n) is 2.89. The van der Waals surface area contributed by atoms with E-state index in [9.17, 15) is 4.79 Å². The minimum absolute atomic E-state index is 0.129. The number of ether oxygens (including phenoxy) is 1. The van der Waals surface area contributed by atoms with Crippen molar-refractivity contribution in [2.75, 3.05) is 7.11 Å². The third-order valence-electron chi connectivity index (χ3n) is 4.06. The summed E-state index contributed by atoms with van der Waals surface area (Å²) in [5.41, 5.74) is 2.73. The molecule has 0 aliphatic rings. The number of carbonyl (C=O) groups is 1. The van der Waals surface area contributed by atoms with Gasteiger partial charge in [0, 0.05) is 28.0 Å². The molecule has 0 spiro atoms. The summed E-state index contributed by atoms with van der Waals surface area (Å²) in [6.07, 6.45) is 1.68. The number of aromatic amines is 1. The molecule has 4 aromatic rings. The number of para-hydroxylation sites is 1. The molecule has 0 atom stereocenters. The molecule has 0 saturated carbocycles. The Morgan fingerprint density at radius 2 is 1.96 bits per heavy atom. The molecule has 24 heavy (non-hydrogen) atoms. The second-order valence-corrected chi connectivity index (χ2v) is 6.29. The Hall–Kier alpha value is -2.66. The van der Waals surface area contributed by atoms with E-state index in [-0.39, 0.29) is 5.78 Å². The van der Waals surface area contributed by atoms with E-state index < -0.39 is 0 Å². The Kier molecular flexibility index (Phi) is 3.58. The van der Waals surface area contributed by atoms with Gasteiger partial charge in [0.15, 0.2) is 0 Å². The minimum Gasteiger partial charge on any atom is -0.496 e. The van der Waals surface area contributed by atoms with Gasteiger partial charge in [-0.3, -0.25) is 9.78 Å². The number of aromatic nitrogens is 2. The van der Waals surface area contributed by atoms with Gasteiger partial charge in [-0.2, -0.15) is 0 Å². The molecule has 2 aromatic heterocycles. The highest BCUT2D eigenvalue weighted by Crippen LogP contribution is 2.29. The van der Waals surface area contributed by atoms with E-state index in [0.29, 0.717) is 17.0 Å². The summed E-state index contributed by atoms with van der Waals surface area (Å²) in [4.78, 5) is 20.6. The normalized spacial score (nSPS) is 11.1. The molecule has 2 heterocycles. The zero-order valence-electron chi connectivity index (χ0n) is 12.8. The summed E-state index contributed by atoms with van der Waals surface area (Å²) in [6.45, 7) is 0. The topological polar surface area (TPSA) is 55.0 Å². The number of ketones is 1. The summed E-state index contributed by atoms with van der Waals surface area (Å²) in [5, 5.41) is 2.08. The Bertz CT molecular complexity index is 1090. The van der Waals surface area contributed by atoms with E-state index in [4.69, 9.17) is 4.74 Å². The average molecular weight is 381 g/mol. The Balaban J connectivity index is 1.89. The van der Waals surface area contributed by atoms with E-state index in [0.717, 1.165) is 26.3 Å². The van der Waals surface area contributed by atoms with Gasteiger partial charge < -0.3 is 9.72 Å². The van der Waals surface area contributed by atoms with Crippen LogP contribution in [0.2, 0.25) is 0 Å². The van der Waals surface area contributed by atoms with Crippen LogP contribution in [0, 0.1) is 0 Å². The number of fused-ring (bicyclic) bond motifs is 3. The van der Waals surface area contributed by atoms with E-state index in [1.807, 2.05) is 30.3 Å². The molecule has 4 rings (SSSR count). The molecule has 0 aliphatic carbocycles. The second kappa shape index (κ2) is 5.76. The maximum absolute atomic E-state index is 12.9. The van der Waals surface area contributed by atoms with Crippen molar-refractivity contribution in [3.63, 3.8) is 0 Å². The summed E-state index contributed by atoms with van der Waals surface area (Å²) < 4.78 is 5.95. The monoisotopic (exact) mass is 380 g/mol. The first-order valence-electron chi connectivity index (χ1n) is 7.42. The smallest absolute Gasteiger partial charge is 0.213 e. The Morgan fingerprint density at radius 3 is 2.75 bits per heavy atom. The number of carbonyl (C=O) groups excluding carboxylic acids is 1. The van der Waals surface area contributed by atoms with Crippen LogP contribution in [0.15, 0.2) is 59.2 Å². The molecule has 1 N–H and O–H groups in total. The van der Waals surface area contributed by atoms with Gasteiger partial charge in [-0.05, 0) is 46.3 Å².